The predicted molar refractivity (Wildman–Crippen MR) is 129 cm³/mol. The molecule has 1 atom stereocenters. The van der Waals surface area contributed by atoms with Crippen LogP contribution in [0.4, 0.5) is 10.1 Å². The Balaban J connectivity index is 1.23. The molecule has 2 heterocycles. The summed E-state index contributed by atoms with van der Waals surface area (Å²) in [6, 6.07) is 11.1. The van der Waals surface area contributed by atoms with Gasteiger partial charge < -0.3 is 24.8 Å². The maximum Gasteiger partial charge on any atom is 0.313 e. The zero-order chi connectivity index (χ0) is 24.8. The van der Waals surface area contributed by atoms with Crippen molar-refractivity contribution in [3.05, 3.63) is 70.2 Å². The number of hydrogen-bond acceptors (Lipinski definition) is 8. The first-order valence-electron chi connectivity index (χ1n) is 11.6. The van der Waals surface area contributed by atoms with Crippen molar-refractivity contribution in [1.29, 1.82) is 0 Å². The summed E-state index contributed by atoms with van der Waals surface area (Å²) in [5.74, 6) is 0.114. The van der Waals surface area contributed by atoms with Crippen LogP contribution in [-0.2, 0) is 0 Å². The van der Waals surface area contributed by atoms with E-state index in [9.17, 15) is 19.6 Å². The zero-order valence-electron chi connectivity index (χ0n) is 19.5. The smallest absolute Gasteiger partial charge is 0.313 e. The highest BCUT2D eigenvalue weighted by Crippen LogP contribution is 2.28. The number of rotatable bonds is 10. The fourth-order valence-electron chi connectivity index (χ4n) is 4.41. The van der Waals surface area contributed by atoms with E-state index in [1.54, 1.807) is 13.3 Å². The van der Waals surface area contributed by atoms with Gasteiger partial charge in [-0.25, -0.2) is 4.39 Å². The van der Waals surface area contributed by atoms with Crippen LogP contribution in [0.15, 0.2) is 48.7 Å². The third-order valence-electron chi connectivity index (χ3n) is 6.27. The number of nitrogens with one attached hydrogen (secondary N) is 1. The first-order valence-corrected chi connectivity index (χ1v) is 11.6. The molecule has 186 valence electrons. The Morgan fingerprint density at radius 3 is 2.80 bits per heavy atom. The molecule has 0 bridgehead atoms. The van der Waals surface area contributed by atoms with Crippen LogP contribution < -0.4 is 14.8 Å². The van der Waals surface area contributed by atoms with Gasteiger partial charge in [-0.2, -0.15) is 0 Å². The van der Waals surface area contributed by atoms with Gasteiger partial charge in [0.1, 0.15) is 18.2 Å². The first-order chi connectivity index (χ1) is 16.9. The molecule has 9 nitrogen and oxygen atoms in total. The Bertz CT molecular complexity index is 1170. The number of halogens is 1. The molecule has 1 aromatic heterocycles. The molecule has 1 fully saturated rings. The van der Waals surface area contributed by atoms with Crippen molar-refractivity contribution >= 4 is 16.6 Å². The van der Waals surface area contributed by atoms with Crippen molar-refractivity contribution in [3.8, 4) is 11.5 Å². The molecule has 2 aromatic carbocycles. The second-order valence-electron chi connectivity index (χ2n) is 8.55. The van der Waals surface area contributed by atoms with Gasteiger partial charge in [0.15, 0.2) is 5.75 Å². The van der Waals surface area contributed by atoms with Crippen LogP contribution in [0.25, 0.3) is 10.9 Å². The minimum atomic E-state index is -0.670. The fourth-order valence-corrected chi connectivity index (χ4v) is 4.41. The molecule has 4 rings (SSSR count). The second kappa shape index (κ2) is 11.4. The lowest BCUT2D eigenvalue weighted by Gasteiger charge is -2.33. The Labute approximate surface area is 202 Å². The number of ether oxygens (including phenoxy) is 2. The predicted octanol–water partition coefficient (Wildman–Crippen LogP) is 3.46. The molecule has 0 aliphatic carbocycles. The van der Waals surface area contributed by atoms with Gasteiger partial charge in [-0.15, -0.1) is 0 Å². The number of aromatic nitrogens is 1. The van der Waals surface area contributed by atoms with Gasteiger partial charge in [0, 0.05) is 30.7 Å². The number of nitro benzene ring substituents is 1. The van der Waals surface area contributed by atoms with Crippen LogP contribution in [0.2, 0.25) is 0 Å². The number of likely N-dealkylation sites (tertiary alicyclic amines) is 1. The van der Waals surface area contributed by atoms with Crippen molar-refractivity contribution in [2.24, 2.45) is 0 Å². The van der Waals surface area contributed by atoms with Crippen molar-refractivity contribution in [1.82, 2.24) is 15.2 Å². The van der Waals surface area contributed by atoms with E-state index in [1.165, 1.54) is 6.07 Å². The van der Waals surface area contributed by atoms with Gasteiger partial charge in [0.2, 0.25) is 0 Å². The molecule has 3 aromatic rings. The number of hydrogen-bond donors (Lipinski definition) is 2. The molecule has 2 N–H and O–H groups in total. The molecule has 1 saturated heterocycles. The summed E-state index contributed by atoms with van der Waals surface area (Å²) in [6.45, 7) is 2.97. The maximum absolute atomic E-state index is 13.2. The minimum absolute atomic E-state index is 0.0586. The van der Waals surface area contributed by atoms with Gasteiger partial charge in [-0.3, -0.25) is 15.1 Å². The second-order valence-corrected chi connectivity index (χ2v) is 8.55. The van der Waals surface area contributed by atoms with Gasteiger partial charge in [0.25, 0.3) is 0 Å². The van der Waals surface area contributed by atoms with Crippen molar-refractivity contribution in [2.45, 2.75) is 25.0 Å². The van der Waals surface area contributed by atoms with E-state index in [2.05, 4.69) is 15.2 Å². The molecule has 10 heteroatoms. The summed E-state index contributed by atoms with van der Waals surface area (Å²) in [4.78, 5) is 17.0. The average molecular weight is 485 g/mol. The Kier molecular flexibility index (Phi) is 8.06. The monoisotopic (exact) mass is 484 g/mol. The molecule has 0 unspecified atom stereocenters. The minimum Gasteiger partial charge on any atom is -0.497 e. The largest absolute Gasteiger partial charge is 0.497 e. The highest BCUT2D eigenvalue weighted by atomic mass is 19.1. The van der Waals surface area contributed by atoms with Crippen LogP contribution in [0.5, 0.6) is 11.5 Å². The number of methoxy groups -OCH3 is 1. The quantitative estimate of drug-likeness (QED) is 0.256. The summed E-state index contributed by atoms with van der Waals surface area (Å²) in [6.07, 6.45) is 2.89. The number of aliphatic hydroxyl groups excluding tert-OH is 1. The van der Waals surface area contributed by atoms with Crippen LogP contribution in [0.3, 0.4) is 0 Å². The van der Waals surface area contributed by atoms with E-state index in [0.29, 0.717) is 19.1 Å². The molecule has 0 saturated carbocycles. The van der Waals surface area contributed by atoms with E-state index >= 15 is 0 Å². The lowest BCUT2D eigenvalue weighted by atomic mass is 10.0. The number of piperidine rings is 1. The summed E-state index contributed by atoms with van der Waals surface area (Å²) in [5.41, 5.74) is 1.27. The summed E-state index contributed by atoms with van der Waals surface area (Å²) >= 11 is 0. The van der Waals surface area contributed by atoms with E-state index in [1.807, 2.05) is 24.3 Å². The van der Waals surface area contributed by atoms with Gasteiger partial charge in [-0.05, 0) is 67.9 Å². The van der Waals surface area contributed by atoms with Crippen LogP contribution in [0, 0.1) is 15.9 Å². The standard InChI is InChI=1S/C25H29FN4O5/c1-34-19-3-4-22-21(15-19)20(6-9-28-22)24(31)16-29-11-7-18(8-12-29)27-10-13-35-25-5-2-17(26)14-23(25)30(32)33/h2-6,9,14-15,18,24,27,31H,7-8,10-13,16H2,1H3/t24-/m0/s1. The average Bonchev–Trinajstić information content (AvgIpc) is 2.87. The van der Waals surface area contributed by atoms with Crippen molar-refractivity contribution < 1.29 is 23.9 Å². The molecule has 1 aliphatic heterocycles. The zero-order valence-corrected chi connectivity index (χ0v) is 19.5. The summed E-state index contributed by atoms with van der Waals surface area (Å²) < 4.78 is 24.1. The number of aliphatic hydroxyl groups is 1. The highest BCUT2D eigenvalue weighted by molar-refractivity contribution is 5.83. The van der Waals surface area contributed by atoms with E-state index in [-0.39, 0.29) is 18.0 Å². The molecular weight excluding hydrogens is 455 g/mol. The Hall–Kier alpha value is -3.34. The summed E-state index contributed by atoms with van der Waals surface area (Å²) in [7, 11) is 1.62. The first kappa shape index (κ1) is 24.8. The lowest BCUT2D eigenvalue weighted by Crippen LogP contribution is -2.44. The van der Waals surface area contributed by atoms with Crippen LogP contribution in [-0.4, -0.2) is 65.9 Å². The number of pyridine rings is 1. The third kappa shape index (κ3) is 6.21. The van der Waals surface area contributed by atoms with Crippen LogP contribution >= 0.6 is 0 Å². The SMILES string of the molecule is COc1ccc2nccc([C@@H](O)CN3CCC(NCCOc4ccc(F)cc4[N+](=O)[O-])CC3)c2c1. The molecule has 0 spiro atoms. The number of nitro groups is 1. The van der Waals surface area contributed by atoms with Gasteiger partial charge >= 0.3 is 5.69 Å². The molecule has 0 radical (unpaired) electrons. The van der Waals surface area contributed by atoms with E-state index in [0.717, 1.165) is 60.3 Å². The van der Waals surface area contributed by atoms with Crippen molar-refractivity contribution in [3.63, 3.8) is 0 Å². The topological polar surface area (TPSA) is 110 Å². The fraction of sp³-hybridized carbons (Fsp3) is 0.400. The normalized spacial score (nSPS) is 15.7. The van der Waals surface area contributed by atoms with Gasteiger partial charge in [0.05, 0.1) is 29.7 Å². The molecule has 0 amide bonds. The third-order valence-corrected chi connectivity index (χ3v) is 6.27. The number of fused-ring (bicyclic) bond motifs is 1. The van der Waals surface area contributed by atoms with Gasteiger partial charge in [-0.1, -0.05) is 0 Å². The molecular formula is C25H29FN4O5. The van der Waals surface area contributed by atoms with E-state index in [4.69, 9.17) is 9.47 Å². The molecule has 35 heavy (non-hydrogen) atoms. The number of benzene rings is 2. The van der Waals surface area contributed by atoms with Crippen molar-refractivity contribution in [2.75, 3.05) is 39.9 Å². The number of β-amino-alcohol motifs (C(OH)–C–C–N with tert-alkyl or cyclic N) is 1. The highest BCUT2D eigenvalue weighted by Gasteiger charge is 2.23. The number of nitrogens with zero attached hydrogens (tertiary/aromatic N) is 3. The maximum atomic E-state index is 13.2. The van der Waals surface area contributed by atoms with Crippen LogP contribution in [0.1, 0.15) is 24.5 Å². The van der Waals surface area contributed by atoms with E-state index < -0.39 is 16.8 Å². The Morgan fingerprint density at radius 1 is 1.26 bits per heavy atom. The lowest BCUT2D eigenvalue weighted by molar-refractivity contribution is -0.386. The molecule has 1 aliphatic rings. The Morgan fingerprint density at radius 2 is 2.06 bits per heavy atom. The summed E-state index contributed by atoms with van der Waals surface area (Å²) in [5, 5.41) is 26.3.